The topological polar surface area (TPSA) is 76.1 Å². The van der Waals surface area contributed by atoms with Crippen LogP contribution in [0.4, 0.5) is 0 Å². The maximum atomic E-state index is 10.2. The van der Waals surface area contributed by atoms with Gasteiger partial charge in [0.05, 0.1) is 6.61 Å². The first kappa shape index (κ1) is 33.4. The fourth-order valence-electron chi connectivity index (χ4n) is 2.63. The number of unbranched alkanes of at least 4 members (excludes halogenated alkanes) is 9. The summed E-state index contributed by atoms with van der Waals surface area (Å²) in [7, 11) is -4.23. The van der Waals surface area contributed by atoms with Gasteiger partial charge in [-0.2, -0.15) is 8.42 Å². The fraction of sp³-hybridized carbons (Fsp3) is 1.00. The molecule has 0 radical (unpaired) electrons. The van der Waals surface area contributed by atoms with Crippen LogP contribution in [0.3, 0.4) is 0 Å². The summed E-state index contributed by atoms with van der Waals surface area (Å²) >= 11 is 0. The predicted molar refractivity (Wildman–Crippen MR) is 125 cm³/mol. The zero-order valence-electron chi connectivity index (χ0n) is 20.2. The van der Waals surface area contributed by atoms with E-state index in [1.54, 1.807) is 0 Å². The highest BCUT2D eigenvalue weighted by molar-refractivity contribution is 7.80. The Morgan fingerprint density at radius 2 is 1.03 bits per heavy atom. The number of rotatable bonds is 17. The molecule has 0 aromatic carbocycles. The Balaban J connectivity index is -0.000000461. The lowest BCUT2D eigenvalue weighted by atomic mass is 10.1. The van der Waals surface area contributed by atoms with Crippen LogP contribution in [0.5, 0.6) is 0 Å². The lowest BCUT2D eigenvalue weighted by Gasteiger charge is -2.13. The van der Waals surface area contributed by atoms with Gasteiger partial charge in [0.1, 0.15) is 0 Å². The smallest absolute Gasteiger partial charge is 0.382 e. The Hall–Kier alpha value is -0.210. The van der Waals surface area contributed by atoms with Crippen molar-refractivity contribution < 1.29 is 21.9 Å². The molecule has 180 valence electrons. The van der Waals surface area contributed by atoms with Crippen molar-refractivity contribution >= 4 is 10.4 Å². The van der Waals surface area contributed by atoms with Crippen molar-refractivity contribution in [3.05, 3.63) is 0 Å². The average molecular weight is 442 g/mol. The SMILES string of the molecule is CCCCCCCCCCCCOS(=O)(=O)O.CCN(CC)CC.CCOCC. The normalized spacial score (nSPS) is 10.9. The lowest BCUT2D eigenvalue weighted by molar-refractivity contribution is 0.162. The van der Waals surface area contributed by atoms with Crippen LogP contribution < -0.4 is 0 Å². The lowest BCUT2D eigenvalue weighted by Crippen LogP contribution is -2.21. The number of hydrogen-bond acceptors (Lipinski definition) is 5. The van der Waals surface area contributed by atoms with E-state index in [0.717, 1.165) is 26.1 Å². The van der Waals surface area contributed by atoms with Crippen LogP contribution in [0.15, 0.2) is 0 Å². The van der Waals surface area contributed by atoms with Crippen molar-refractivity contribution in [3.63, 3.8) is 0 Å². The summed E-state index contributed by atoms with van der Waals surface area (Å²) in [6, 6.07) is 0. The molecule has 0 spiro atoms. The van der Waals surface area contributed by atoms with E-state index in [1.807, 2.05) is 13.8 Å². The summed E-state index contributed by atoms with van der Waals surface area (Å²) in [5, 5.41) is 0. The van der Waals surface area contributed by atoms with Gasteiger partial charge in [0.25, 0.3) is 0 Å². The fourth-order valence-corrected chi connectivity index (χ4v) is 2.96. The van der Waals surface area contributed by atoms with Crippen LogP contribution in [0.25, 0.3) is 0 Å². The Kier molecular flexibility index (Phi) is 32.0. The van der Waals surface area contributed by atoms with E-state index < -0.39 is 10.4 Å². The molecule has 0 saturated carbocycles. The van der Waals surface area contributed by atoms with Crippen molar-refractivity contribution in [3.8, 4) is 0 Å². The molecule has 0 aliphatic carbocycles. The minimum Gasteiger partial charge on any atom is -0.382 e. The van der Waals surface area contributed by atoms with E-state index in [-0.39, 0.29) is 6.61 Å². The van der Waals surface area contributed by atoms with Gasteiger partial charge in [-0.15, -0.1) is 0 Å². The Morgan fingerprint density at radius 1 is 0.655 bits per heavy atom. The number of ether oxygens (including phenoxy) is 1. The molecule has 29 heavy (non-hydrogen) atoms. The molecule has 0 fully saturated rings. The summed E-state index contributed by atoms with van der Waals surface area (Å²) in [5.41, 5.74) is 0. The second-order valence-electron chi connectivity index (χ2n) is 6.83. The van der Waals surface area contributed by atoms with E-state index in [2.05, 4.69) is 36.8 Å². The molecule has 0 aromatic heterocycles. The van der Waals surface area contributed by atoms with Gasteiger partial charge in [0, 0.05) is 13.2 Å². The van der Waals surface area contributed by atoms with Crippen molar-refractivity contribution in [1.29, 1.82) is 0 Å². The summed E-state index contributed by atoms with van der Waals surface area (Å²) < 4.78 is 37.8. The maximum absolute atomic E-state index is 10.2. The Labute approximate surface area is 182 Å². The molecule has 0 bridgehead atoms. The molecule has 7 heteroatoms. The first-order valence-electron chi connectivity index (χ1n) is 11.7. The minimum absolute atomic E-state index is 0.0926. The van der Waals surface area contributed by atoms with Crippen molar-refractivity contribution in [2.45, 2.75) is 106 Å². The van der Waals surface area contributed by atoms with E-state index in [1.165, 1.54) is 64.6 Å². The van der Waals surface area contributed by atoms with E-state index >= 15 is 0 Å². The third-order valence-electron chi connectivity index (χ3n) is 4.48. The Morgan fingerprint density at radius 3 is 1.28 bits per heavy atom. The molecule has 0 unspecified atom stereocenters. The summed E-state index contributed by atoms with van der Waals surface area (Å²) in [6.07, 6.45) is 11.9. The summed E-state index contributed by atoms with van der Waals surface area (Å²) in [6.45, 7) is 18.1. The molecule has 0 aliphatic rings. The van der Waals surface area contributed by atoms with Gasteiger partial charge in [0.2, 0.25) is 0 Å². The molecule has 0 saturated heterocycles. The molecule has 0 heterocycles. The average Bonchev–Trinajstić information content (AvgIpc) is 2.68. The second-order valence-corrected chi connectivity index (χ2v) is 7.92. The van der Waals surface area contributed by atoms with Crippen LogP contribution in [-0.2, 0) is 19.3 Å². The van der Waals surface area contributed by atoms with Crippen LogP contribution in [-0.4, -0.2) is 57.3 Å². The molecular formula is C22H51NO5S. The largest absolute Gasteiger partial charge is 0.397 e. The van der Waals surface area contributed by atoms with Gasteiger partial charge in [0.15, 0.2) is 0 Å². The van der Waals surface area contributed by atoms with E-state index in [0.29, 0.717) is 6.42 Å². The van der Waals surface area contributed by atoms with Crippen molar-refractivity contribution in [2.24, 2.45) is 0 Å². The molecule has 0 aliphatic heterocycles. The van der Waals surface area contributed by atoms with Gasteiger partial charge in [-0.05, 0) is 39.9 Å². The summed E-state index contributed by atoms with van der Waals surface area (Å²) in [4.78, 5) is 2.38. The van der Waals surface area contributed by atoms with Gasteiger partial charge in [-0.3, -0.25) is 4.55 Å². The molecule has 1 N–H and O–H groups in total. The van der Waals surface area contributed by atoms with Crippen LogP contribution in [0, 0.1) is 0 Å². The van der Waals surface area contributed by atoms with Gasteiger partial charge in [-0.1, -0.05) is 85.5 Å². The molecule has 0 aromatic rings. The van der Waals surface area contributed by atoms with Crippen LogP contribution >= 0.6 is 0 Å². The van der Waals surface area contributed by atoms with Gasteiger partial charge in [-0.25, -0.2) is 4.18 Å². The van der Waals surface area contributed by atoms with E-state index in [9.17, 15) is 8.42 Å². The van der Waals surface area contributed by atoms with Gasteiger partial charge >= 0.3 is 10.4 Å². The predicted octanol–water partition coefficient (Wildman–Crippen LogP) is 6.12. The zero-order valence-corrected chi connectivity index (χ0v) is 21.1. The highest BCUT2D eigenvalue weighted by atomic mass is 32.3. The highest BCUT2D eigenvalue weighted by Crippen LogP contribution is 2.10. The molecule has 6 nitrogen and oxygen atoms in total. The standard InChI is InChI=1S/C12H26O4S.C6H15N.C4H10O/c1-2-3-4-5-6-7-8-9-10-11-12-16-17(13,14)15;1-4-7(5-2)6-3;1-3-5-4-2/h2-12H2,1H3,(H,13,14,15);4-6H2,1-3H3;3-4H2,1-2H3. The maximum Gasteiger partial charge on any atom is 0.397 e. The minimum atomic E-state index is -4.23. The van der Waals surface area contributed by atoms with Crippen LogP contribution in [0.2, 0.25) is 0 Å². The number of nitrogens with zero attached hydrogens (tertiary/aromatic N) is 1. The zero-order chi connectivity index (χ0) is 22.8. The van der Waals surface area contributed by atoms with Crippen molar-refractivity contribution in [1.82, 2.24) is 4.90 Å². The van der Waals surface area contributed by atoms with E-state index in [4.69, 9.17) is 9.29 Å². The molecule has 0 rings (SSSR count). The number of hydrogen-bond donors (Lipinski definition) is 1. The van der Waals surface area contributed by atoms with Gasteiger partial charge < -0.3 is 9.64 Å². The quantitative estimate of drug-likeness (QED) is 0.216. The van der Waals surface area contributed by atoms with Crippen LogP contribution in [0.1, 0.15) is 106 Å². The first-order valence-corrected chi connectivity index (χ1v) is 13.1. The highest BCUT2D eigenvalue weighted by Gasteiger charge is 2.02. The molecular weight excluding hydrogens is 390 g/mol. The monoisotopic (exact) mass is 441 g/mol. The second kappa shape index (κ2) is 27.8. The summed E-state index contributed by atoms with van der Waals surface area (Å²) in [5.74, 6) is 0. The van der Waals surface area contributed by atoms with Crippen molar-refractivity contribution in [2.75, 3.05) is 39.5 Å². The third-order valence-corrected chi connectivity index (χ3v) is 4.94. The molecule has 0 atom stereocenters. The third kappa shape index (κ3) is 38.9. The Bertz CT molecular complexity index is 366. The molecule has 0 amide bonds. The first-order chi connectivity index (χ1) is 13.8.